The first kappa shape index (κ1) is 24.8. The highest BCUT2D eigenvalue weighted by Crippen LogP contribution is 2.56. The molecule has 0 aromatic heterocycles. The van der Waals surface area contributed by atoms with Gasteiger partial charge in [-0.25, -0.2) is 9.98 Å². The SMILES string of the molecule is CCc1cc(C)cc2c1N=c1ccc(c3c(O)c4ccccc4c(O)c13)=Nc1c(CC)cc(C)cc1C21CCC1. The Kier molecular flexibility index (Phi) is 5.54. The molecule has 7 rings (SSSR count). The van der Waals surface area contributed by atoms with Crippen LogP contribution in [0.1, 0.15) is 66.5 Å². The first-order valence-electron chi connectivity index (χ1n) is 14.5. The number of nitrogens with zero attached hydrogens (tertiary/aromatic N) is 2. The normalized spacial score (nSPS) is 15.2. The van der Waals surface area contributed by atoms with Crippen molar-refractivity contribution < 1.29 is 10.2 Å². The molecule has 2 aliphatic rings. The fourth-order valence-electron chi connectivity index (χ4n) is 7.11. The van der Waals surface area contributed by atoms with Gasteiger partial charge in [0.15, 0.2) is 0 Å². The quantitative estimate of drug-likeness (QED) is 0.182. The Morgan fingerprint density at radius 1 is 0.675 bits per heavy atom. The van der Waals surface area contributed by atoms with E-state index in [1.165, 1.54) is 33.4 Å². The molecule has 0 saturated heterocycles. The highest BCUT2D eigenvalue weighted by Gasteiger charge is 2.44. The van der Waals surface area contributed by atoms with Crippen LogP contribution in [0.3, 0.4) is 0 Å². The number of aromatic hydroxyl groups is 2. The van der Waals surface area contributed by atoms with E-state index in [4.69, 9.17) is 9.98 Å². The largest absolute Gasteiger partial charge is 0.507 e. The predicted molar refractivity (Wildman–Crippen MR) is 162 cm³/mol. The van der Waals surface area contributed by atoms with Crippen molar-refractivity contribution in [3.63, 3.8) is 0 Å². The highest BCUT2D eigenvalue weighted by atomic mass is 16.3. The van der Waals surface area contributed by atoms with Crippen LogP contribution in [0.25, 0.3) is 21.5 Å². The summed E-state index contributed by atoms with van der Waals surface area (Å²) in [6, 6.07) is 20.5. The van der Waals surface area contributed by atoms with Gasteiger partial charge >= 0.3 is 0 Å². The topological polar surface area (TPSA) is 65.2 Å². The zero-order chi connectivity index (χ0) is 27.8. The van der Waals surface area contributed by atoms with Crippen LogP contribution in [-0.2, 0) is 18.3 Å². The molecule has 200 valence electrons. The molecule has 1 spiro atoms. The Balaban J connectivity index is 1.81. The molecule has 1 aliphatic heterocycles. The van der Waals surface area contributed by atoms with Crippen LogP contribution in [0.4, 0.5) is 11.4 Å². The van der Waals surface area contributed by atoms with E-state index in [0.29, 0.717) is 32.3 Å². The number of fused-ring (bicyclic) bond motifs is 11. The van der Waals surface area contributed by atoms with Gasteiger partial charge in [-0.2, -0.15) is 0 Å². The standard InChI is InChI=1S/C36H34N2O2/c1-5-22-16-20(3)18-26-32(22)37-28-12-13-29(31-30(28)34(39)24-10-7-8-11-25(24)35(31)40)38-33-23(6-2)17-21(4)19-27(33)36(26)14-9-15-36/h7-8,10-13,16-19,39-40H,5-6,9,14-15H2,1-4H3. The van der Waals surface area contributed by atoms with E-state index < -0.39 is 0 Å². The molecule has 5 aromatic rings. The van der Waals surface area contributed by atoms with Gasteiger partial charge < -0.3 is 10.2 Å². The monoisotopic (exact) mass is 526 g/mol. The van der Waals surface area contributed by atoms with Gasteiger partial charge in [-0.15, -0.1) is 0 Å². The summed E-state index contributed by atoms with van der Waals surface area (Å²) in [7, 11) is 0. The molecule has 4 nitrogen and oxygen atoms in total. The Bertz CT molecular complexity index is 1860. The number of hydrogen-bond acceptors (Lipinski definition) is 4. The van der Waals surface area contributed by atoms with Gasteiger partial charge in [-0.3, -0.25) is 0 Å². The van der Waals surface area contributed by atoms with Gasteiger partial charge in [0.05, 0.1) is 32.9 Å². The lowest BCUT2D eigenvalue weighted by molar-refractivity contribution is 0.302. The molecule has 1 heterocycles. The van der Waals surface area contributed by atoms with Crippen molar-refractivity contribution in [1.82, 2.24) is 0 Å². The van der Waals surface area contributed by atoms with Crippen molar-refractivity contribution in [2.75, 3.05) is 0 Å². The van der Waals surface area contributed by atoms with Crippen LogP contribution >= 0.6 is 0 Å². The average molecular weight is 527 g/mol. The van der Waals surface area contributed by atoms with Crippen LogP contribution in [0.2, 0.25) is 0 Å². The Morgan fingerprint density at radius 2 is 1.12 bits per heavy atom. The zero-order valence-electron chi connectivity index (χ0n) is 23.6. The second-order valence-electron chi connectivity index (χ2n) is 11.6. The zero-order valence-corrected chi connectivity index (χ0v) is 23.6. The number of aryl methyl sites for hydroxylation is 4. The minimum absolute atomic E-state index is 0.128. The molecule has 0 amide bonds. The summed E-state index contributed by atoms with van der Waals surface area (Å²) in [6.07, 6.45) is 4.95. The molecule has 2 bridgehead atoms. The molecule has 0 atom stereocenters. The van der Waals surface area contributed by atoms with Gasteiger partial charge in [0.25, 0.3) is 0 Å². The van der Waals surface area contributed by atoms with E-state index in [-0.39, 0.29) is 16.9 Å². The maximum absolute atomic E-state index is 11.7. The number of phenols is 2. The molecule has 40 heavy (non-hydrogen) atoms. The highest BCUT2D eigenvalue weighted by molar-refractivity contribution is 6.10. The summed E-state index contributed by atoms with van der Waals surface area (Å²) in [5.74, 6) is 0.256. The van der Waals surface area contributed by atoms with Crippen LogP contribution in [0, 0.1) is 13.8 Å². The van der Waals surface area contributed by atoms with Crippen molar-refractivity contribution in [2.45, 2.75) is 65.2 Å². The van der Waals surface area contributed by atoms with Gasteiger partial charge in [0.1, 0.15) is 11.5 Å². The summed E-state index contributed by atoms with van der Waals surface area (Å²) in [6.45, 7) is 8.72. The van der Waals surface area contributed by atoms with E-state index in [0.717, 1.165) is 43.5 Å². The molecule has 1 saturated carbocycles. The van der Waals surface area contributed by atoms with Gasteiger partial charge in [0.2, 0.25) is 0 Å². The molecule has 4 heteroatoms. The molecule has 5 aromatic carbocycles. The van der Waals surface area contributed by atoms with Gasteiger partial charge in [-0.1, -0.05) is 79.9 Å². The van der Waals surface area contributed by atoms with Crippen LogP contribution < -0.4 is 10.7 Å². The lowest BCUT2D eigenvalue weighted by Gasteiger charge is -2.45. The Morgan fingerprint density at radius 3 is 1.50 bits per heavy atom. The van der Waals surface area contributed by atoms with Crippen LogP contribution in [0.15, 0.2) is 70.6 Å². The number of benzene rings is 5. The number of phenolic OH excluding ortho intramolecular Hbond substituents is 2. The molecular formula is C36H34N2O2. The van der Waals surface area contributed by atoms with Gasteiger partial charge in [0, 0.05) is 16.2 Å². The minimum atomic E-state index is -0.185. The Hall–Kier alpha value is -4.18. The third-order valence-corrected chi connectivity index (χ3v) is 9.20. The average Bonchev–Trinajstić information content (AvgIpc) is 2.96. The first-order valence-corrected chi connectivity index (χ1v) is 14.5. The van der Waals surface area contributed by atoms with E-state index >= 15 is 0 Å². The third kappa shape index (κ3) is 3.38. The summed E-state index contributed by atoms with van der Waals surface area (Å²) in [4.78, 5) is 10.8. The van der Waals surface area contributed by atoms with Crippen molar-refractivity contribution in [1.29, 1.82) is 0 Å². The summed E-state index contributed by atoms with van der Waals surface area (Å²) < 4.78 is 0. The lowest BCUT2D eigenvalue weighted by atomic mass is 9.59. The van der Waals surface area contributed by atoms with Crippen molar-refractivity contribution >= 4 is 32.9 Å². The maximum Gasteiger partial charge on any atom is 0.133 e. The van der Waals surface area contributed by atoms with E-state index in [1.807, 2.05) is 36.4 Å². The van der Waals surface area contributed by atoms with E-state index in [9.17, 15) is 10.2 Å². The smallest absolute Gasteiger partial charge is 0.133 e. The summed E-state index contributed by atoms with van der Waals surface area (Å²) in [5.41, 5.74) is 9.16. The summed E-state index contributed by atoms with van der Waals surface area (Å²) >= 11 is 0. The van der Waals surface area contributed by atoms with Crippen molar-refractivity contribution in [2.24, 2.45) is 9.98 Å². The molecule has 2 N–H and O–H groups in total. The van der Waals surface area contributed by atoms with Crippen LogP contribution in [-0.4, -0.2) is 10.2 Å². The van der Waals surface area contributed by atoms with E-state index in [2.05, 4.69) is 52.0 Å². The minimum Gasteiger partial charge on any atom is -0.507 e. The maximum atomic E-state index is 11.7. The predicted octanol–water partition coefficient (Wildman–Crippen LogP) is 7.83. The van der Waals surface area contributed by atoms with E-state index in [1.54, 1.807) is 0 Å². The lowest BCUT2D eigenvalue weighted by Crippen LogP contribution is -2.36. The second kappa shape index (κ2) is 8.92. The van der Waals surface area contributed by atoms with Crippen LogP contribution in [0.5, 0.6) is 11.5 Å². The molecule has 1 aliphatic carbocycles. The molecule has 1 fully saturated rings. The fourth-order valence-corrected chi connectivity index (χ4v) is 7.11. The molecule has 0 radical (unpaired) electrons. The van der Waals surface area contributed by atoms with Crippen molar-refractivity contribution in [3.05, 3.63) is 105 Å². The third-order valence-electron chi connectivity index (χ3n) is 9.20. The van der Waals surface area contributed by atoms with Crippen molar-refractivity contribution in [3.8, 4) is 11.5 Å². The number of hydrogen-bond donors (Lipinski definition) is 2. The van der Waals surface area contributed by atoms with Gasteiger partial charge in [-0.05, 0) is 73.9 Å². The summed E-state index contributed by atoms with van der Waals surface area (Å²) in [5, 5.41) is 27.1. The second-order valence-corrected chi connectivity index (χ2v) is 11.6. The first-order chi connectivity index (χ1) is 19.4. The number of rotatable bonds is 2. The Labute approximate surface area is 234 Å². The fraction of sp³-hybridized carbons (Fsp3) is 0.278. The molecule has 0 unspecified atom stereocenters. The molecular weight excluding hydrogens is 492 g/mol.